The molecule has 0 unspecified atom stereocenters. The number of nitrogens with one attached hydrogen (secondary N) is 1. The molecule has 2 aromatic rings. The van der Waals surface area contributed by atoms with E-state index in [1.165, 1.54) is 17.9 Å². The van der Waals surface area contributed by atoms with E-state index in [0.717, 1.165) is 18.4 Å². The molecule has 1 aromatic carbocycles. The number of aryl methyl sites for hydroxylation is 1. The quantitative estimate of drug-likeness (QED) is 0.774. The molecule has 136 valence electrons. The molecule has 0 radical (unpaired) electrons. The first-order valence-electron chi connectivity index (χ1n) is 8.33. The molecular formula is C19H22N4O3. The third-order valence-corrected chi connectivity index (χ3v) is 3.99. The largest absolute Gasteiger partial charge is 0.464 e. The Bertz CT molecular complexity index is 878. The van der Waals surface area contributed by atoms with Gasteiger partial charge in [0.1, 0.15) is 6.07 Å². The van der Waals surface area contributed by atoms with Gasteiger partial charge in [0.05, 0.1) is 29.7 Å². The second kappa shape index (κ2) is 8.21. The average molecular weight is 354 g/mol. The van der Waals surface area contributed by atoms with Crippen LogP contribution in [0.25, 0.3) is 5.69 Å². The number of rotatable bonds is 6. The second-order valence-corrected chi connectivity index (χ2v) is 5.95. The molecule has 2 rings (SSSR count). The number of amides is 1. The molecule has 0 saturated carbocycles. The van der Waals surface area contributed by atoms with Crippen molar-refractivity contribution >= 4 is 23.3 Å². The summed E-state index contributed by atoms with van der Waals surface area (Å²) < 4.78 is 6.29. The van der Waals surface area contributed by atoms with Gasteiger partial charge in [0.25, 0.3) is 0 Å². The van der Waals surface area contributed by atoms with E-state index >= 15 is 0 Å². The van der Waals surface area contributed by atoms with Crippen LogP contribution < -0.4 is 11.1 Å². The zero-order chi connectivity index (χ0) is 19.3. The molecule has 26 heavy (non-hydrogen) atoms. The molecule has 0 aliphatic carbocycles. The number of methoxy groups -OCH3 is 1. The average Bonchev–Trinajstić information content (AvgIpc) is 2.97. The number of nitrogens with zero attached hydrogens (tertiary/aromatic N) is 2. The number of ether oxygens (including phenoxy) is 1. The first kappa shape index (κ1) is 19.1. The Kier molecular flexibility index (Phi) is 6.02. The van der Waals surface area contributed by atoms with Gasteiger partial charge in [-0.3, -0.25) is 4.79 Å². The van der Waals surface area contributed by atoms with Gasteiger partial charge in [0.15, 0.2) is 5.69 Å². The molecule has 0 spiro atoms. The number of aromatic nitrogens is 1. The lowest BCUT2D eigenvalue weighted by Gasteiger charge is -2.15. The van der Waals surface area contributed by atoms with Gasteiger partial charge in [0, 0.05) is 12.6 Å². The van der Waals surface area contributed by atoms with E-state index in [-0.39, 0.29) is 22.9 Å². The van der Waals surface area contributed by atoms with E-state index in [9.17, 15) is 14.9 Å². The summed E-state index contributed by atoms with van der Waals surface area (Å²) in [6.45, 7) is 3.90. The third-order valence-electron chi connectivity index (χ3n) is 3.99. The standard InChI is InChI=1S/C19H22N4O3/c1-4-5-6-16(24)22-14-8-7-12(2)9-15(14)23-11-13(10-20)17(21)18(23)19(25)26-3/h7-9,11H,4-6,21H2,1-3H3,(H,22,24). The lowest BCUT2D eigenvalue weighted by Crippen LogP contribution is -2.16. The number of carbonyl (C=O) groups excluding carboxylic acids is 2. The van der Waals surface area contributed by atoms with E-state index in [2.05, 4.69) is 5.32 Å². The Balaban J connectivity index is 2.58. The summed E-state index contributed by atoms with van der Waals surface area (Å²) in [4.78, 5) is 24.4. The topological polar surface area (TPSA) is 110 Å². The first-order chi connectivity index (χ1) is 12.4. The third kappa shape index (κ3) is 3.86. The summed E-state index contributed by atoms with van der Waals surface area (Å²) in [6, 6.07) is 7.39. The van der Waals surface area contributed by atoms with Crippen molar-refractivity contribution in [3.8, 4) is 11.8 Å². The summed E-state index contributed by atoms with van der Waals surface area (Å²) in [5.74, 6) is -0.772. The highest BCUT2D eigenvalue weighted by atomic mass is 16.5. The van der Waals surface area contributed by atoms with Crippen LogP contribution in [0.15, 0.2) is 24.4 Å². The van der Waals surface area contributed by atoms with E-state index in [4.69, 9.17) is 10.5 Å². The van der Waals surface area contributed by atoms with Crippen molar-refractivity contribution in [2.24, 2.45) is 0 Å². The molecular weight excluding hydrogens is 332 g/mol. The number of carbonyl (C=O) groups is 2. The van der Waals surface area contributed by atoms with Gasteiger partial charge in [0.2, 0.25) is 5.91 Å². The minimum atomic E-state index is -0.659. The SMILES string of the molecule is CCCCC(=O)Nc1ccc(C)cc1-n1cc(C#N)c(N)c1C(=O)OC. The lowest BCUT2D eigenvalue weighted by molar-refractivity contribution is -0.116. The molecule has 0 fully saturated rings. The van der Waals surface area contributed by atoms with Crippen molar-refractivity contribution in [3.05, 3.63) is 41.2 Å². The van der Waals surface area contributed by atoms with Crippen LogP contribution in [0.5, 0.6) is 0 Å². The predicted molar refractivity (Wildman–Crippen MR) is 99.1 cm³/mol. The maximum absolute atomic E-state index is 12.2. The zero-order valence-electron chi connectivity index (χ0n) is 15.1. The van der Waals surface area contributed by atoms with Gasteiger partial charge in [-0.05, 0) is 31.0 Å². The summed E-state index contributed by atoms with van der Waals surface area (Å²) >= 11 is 0. The van der Waals surface area contributed by atoms with Crippen molar-refractivity contribution in [1.29, 1.82) is 5.26 Å². The Hall–Kier alpha value is -3.27. The normalized spacial score (nSPS) is 10.2. The summed E-state index contributed by atoms with van der Waals surface area (Å²) in [5, 5.41) is 12.1. The Labute approximate surface area is 152 Å². The van der Waals surface area contributed by atoms with Gasteiger partial charge >= 0.3 is 5.97 Å². The number of nitrogen functional groups attached to an aromatic ring is 1. The summed E-state index contributed by atoms with van der Waals surface area (Å²) in [7, 11) is 1.24. The highest BCUT2D eigenvalue weighted by molar-refractivity contribution is 5.97. The van der Waals surface area contributed by atoms with Gasteiger partial charge < -0.3 is 20.4 Å². The molecule has 0 aliphatic heterocycles. The molecule has 3 N–H and O–H groups in total. The number of esters is 1. The number of unbranched alkanes of at least 4 members (excludes halogenated alkanes) is 1. The summed E-state index contributed by atoms with van der Waals surface area (Å²) in [6.07, 6.45) is 3.58. The van der Waals surface area contributed by atoms with Crippen molar-refractivity contribution < 1.29 is 14.3 Å². The maximum atomic E-state index is 12.2. The van der Waals surface area contributed by atoms with E-state index in [0.29, 0.717) is 17.8 Å². The highest BCUT2D eigenvalue weighted by Crippen LogP contribution is 2.29. The highest BCUT2D eigenvalue weighted by Gasteiger charge is 2.23. The fourth-order valence-electron chi connectivity index (χ4n) is 2.60. The van der Waals surface area contributed by atoms with Crippen LogP contribution in [0.2, 0.25) is 0 Å². The minimum absolute atomic E-state index is 0.0455. The Morgan fingerprint density at radius 3 is 2.73 bits per heavy atom. The molecule has 7 nitrogen and oxygen atoms in total. The molecule has 1 heterocycles. The van der Waals surface area contributed by atoms with E-state index < -0.39 is 5.97 Å². The number of hydrogen-bond donors (Lipinski definition) is 2. The number of nitrogens with two attached hydrogens (primary N) is 1. The van der Waals surface area contributed by atoms with Gasteiger partial charge in [-0.1, -0.05) is 19.4 Å². The fraction of sp³-hybridized carbons (Fsp3) is 0.316. The number of benzene rings is 1. The van der Waals surface area contributed by atoms with Crippen LogP contribution in [0.4, 0.5) is 11.4 Å². The number of nitriles is 1. The van der Waals surface area contributed by atoms with Crippen molar-refractivity contribution in [2.75, 3.05) is 18.2 Å². The molecule has 0 aliphatic rings. The van der Waals surface area contributed by atoms with Gasteiger partial charge in [-0.25, -0.2) is 4.79 Å². The zero-order valence-corrected chi connectivity index (χ0v) is 15.1. The predicted octanol–water partition coefficient (Wildman–Crippen LogP) is 3.15. The lowest BCUT2D eigenvalue weighted by atomic mass is 10.1. The van der Waals surface area contributed by atoms with E-state index in [1.54, 1.807) is 6.07 Å². The molecule has 0 saturated heterocycles. The van der Waals surface area contributed by atoms with Gasteiger partial charge in [-0.2, -0.15) is 5.26 Å². The van der Waals surface area contributed by atoms with Gasteiger partial charge in [-0.15, -0.1) is 0 Å². The number of hydrogen-bond acceptors (Lipinski definition) is 5. The molecule has 7 heteroatoms. The maximum Gasteiger partial charge on any atom is 0.357 e. The van der Waals surface area contributed by atoms with Crippen LogP contribution in [0, 0.1) is 18.3 Å². The Morgan fingerprint density at radius 2 is 2.12 bits per heavy atom. The smallest absolute Gasteiger partial charge is 0.357 e. The minimum Gasteiger partial charge on any atom is -0.464 e. The van der Waals surface area contributed by atoms with Crippen LogP contribution in [-0.4, -0.2) is 23.6 Å². The van der Waals surface area contributed by atoms with Crippen molar-refractivity contribution in [1.82, 2.24) is 4.57 Å². The van der Waals surface area contributed by atoms with E-state index in [1.807, 2.05) is 32.0 Å². The van der Waals surface area contributed by atoms with Crippen molar-refractivity contribution in [3.63, 3.8) is 0 Å². The van der Waals surface area contributed by atoms with Crippen LogP contribution in [-0.2, 0) is 9.53 Å². The van der Waals surface area contributed by atoms with Crippen LogP contribution >= 0.6 is 0 Å². The second-order valence-electron chi connectivity index (χ2n) is 5.95. The number of anilines is 2. The monoisotopic (exact) mass is 354 g/mol. The van der Waals surface area contributed by atoms with Crippen molar-refractivity contribution in [2.45, 2.75) is 33.1 Å². The van der Waals surface area contributed by atoms with Crippen LogP contribution in [0.3, 0.4) is 0 Å². The molecule has 0 atom stereocenters. The van der Waals surface area contributed by atoms with Crippen LogP contribution in [0.1, 0.15) is 47.8 Å². The molecule has 0 bridgehead atoms. The molecule has 1 aromatic heterocycles. The first-order valence-corrected chi connectivity index (χ1v) is 8.33. The molecule has 1 amide bonds. The Morgan fingerprint density at radius 1 is 1.38 bits per heavy atom. The summed E-state index contributed by atoms with van der Waals surface area (Å²) in [5.41, 5.74) is 8.21. The fourth-order valence-corrected chi connectivity index (χ4v) is 2.60.